The fraction of sp³-hybridized carbons (Fsp3) is 0.636. The lowest BCUT2D eigenvalue weighted by molar-refractivity contribution is -0.0228. The van der Waals surface area contributed by atoms with Gasteiger partial charge in [-0.3, -0.25) is 0 Å². The van der Waals surface area contributed by atoms with E-state index in [0.29, 0.717) is 17.6 Å². The number of hydrogen-bond donors (Lipinski definition) is 1. The summed E-state index contributed by atoms with van der Waals surface area (Å²) < 4.78 is 5.92. The summed E-state index contributed by atoms with van der Waals surface area (Å²) in [4.78, 5) is 25.5. The van der Waals surface area contributed by atoms with E-state index in [1.807, 2.05) is 0 Å². The van der Waals surface area contributed by atoms with Gasteiger partial charge in [0.1, 0.15) is 5.82 Å². The van der Waals surface area contributed by atoms with Crippen LogP contribution in [-0.2, 0) is 4.74 Å². The van der Waals surface area contributed by atoms with E-state index in [0.717, 1.165) is 62.1 Å². The lowest BCUT2D eigenvalue weighted by Crippen LogP contribution is -2.59. The molecule has 31 heavy (non-hydrogen) atoms. The van der Waals surface area contributed by atoms with Crippen molar-refractivity contribution in [1.82, 2.24) is 24.8 Å². The fourth-order valence-electron chi connectivity index (χ4n) is 5.76. The normalized spacial score (nSPS) is 27.5. The third kappa shape index (κ3) is 3.49. The maximum atomic E-state index is 5.92. The van der Waals surface area contributed by atoms with Crippen molar-refractivity contribution >= 4 is 17.7 Å². The minimum Gasteiger partial charge on any atom is -0.374 e. The van der Waals surface area contributed by atoms with Crippen molar-refractivity contribution in [1.29, 1.82) is 0 Å². The monoisotopic (exact) mass is 422 g/mol. The second kappa shape index (κ2) is 7.27. The van der Waals surface area contributed by atoms with Gasteiger partial charge in [-0.15, -0.1) is 0 Å². The molecule has 5 aliphatic heterocycles. The molecule has 5 saturated heterocycles. The molecule has 0 saturated carbocycles. The average molecular weight is 423 g/mol. The quantitative estimate of drug-likeness (QED) is 0.787. The lowest BCUT2D eigenvalue weighted by atomic mass is 9.72. The average Bonchev–Trinajstić information content (AvgIpc) is 2.80. The molecule has 0 radical (unpaired) electrons. The molecule has 0 aromatic carbocycles. The first-order valence-electron chi connectivity index (χ1n) is 11.4. The van der Waals surface area contributed by atoms with Gasteiger partial charge in [-0.2, -0.15) is 4.98 Å². The zero-order valence-electron chi connectivity index (χ0n) is 18.1. The summed E-state index contributed by atoms with van der Waals surface area (Å²) in [6, 6.07) is 2.46. The highest BCUT2D eigenvalue weighted by Gasteiger charge is 2.43. The van der Waals surface area contributed by atoms with Crippen LogP contribution in [0.2, 0.25) is 0 Å². The number of nitrogens with zero attached hydrogens (tertiary/aromatic N) is 7. The molecule has 0 amide bonds. The van der Waals surface area contributed by atoms with Gasteiger partial charge in [0.2, 0.25) is 11.9 Å². The van der Waals surface area contributed by atoms with E-state index in [4.69, 9.17) is 20.4 Å². The number of aromatic nitrogens is 4. The smallest absolute Gasteiger partial charge is 0.227 e. The summed E-state index contributed by atoms with van der Waals surface area (Å²) in [7, 11) is 2.21. The maximum Gasteiger partial charge on any atom is 0.227 e. The Hall–Kier alpha value is -2.52. The van der Waals surface area contributed by atoms with Crippen molar-refractivity contribution < 1.29 is 4.74 Å². The van der Waals surface area contributed by atoms with Crippen LogP contribution in [0.4, 0.5) is 17.7 Å². The predicted octanol–water partition coefficient (Wildman–Crippen LogP) is 1.42. The van der Waals surface area contributed by atoms with Crippen molar-refractivity contribution in [3.8, 4) is 11.3 Å². The summed E-state index contributed by atoms with van der Waals surface area (Å²) in [6.45, 7) is 6.12. The first-order chi connectivity index (χ1) is 15.1. The molecule has 7 heterocycles. The first-order valence-corrected chi connectivity index (χ1v) is 11.4. The van der Waals surface area contributed by atoms with Gasteiger partial charge in [0, 0.05) is 56.7 Å². The van der Waals surface area contributed by atoms with E-state index in [2.05, 4.69) is 37.8 Å². The van der Waals surface area contributed by atoms with E-state index in [1.54, 1.807) is 12.4 Å². The van der Waals surface area contributed by atoms with Gasteiger partial charge < -0.3 is 25.2 Å². The Morgan fingerprint density at radius 3 is 2.48 bits per heavy atom. The zero-order valence-corrected chi connectivity index (χ0v) is 18.1. The van der Waals surface area contributed by atoms with Gasteiger partial charge in [-0.05, 0) is 38.1 Å². The lowest BCUT2D eigenvalue weighted by Gasteiger charge is -2.53. The number of nitrogens with two attached hydrogens (primary N) is 1. The van der Waals surface area contributed by atoms with Crippen LogP contribution in [0.1, 0.15) is 25.7 Å². The number of hydrogen-bond acceptors (Lipinski definition) is 9. The fourth-order valence-corrected chi connectivity index (χ4v) is 5.76. The molecule has 2 bridgehead atoms. The van der Waals surface area contributed by atoms with Gasteiger partial charge in [0.15, 0.2) is 0 Å². The van der Waals surface area contributed by atoms with Crippen molar-refractivity contribution in [2.24, 2.45) is 5.41 Å². The highest BCUT2D eigenvalue weighted by atomic mass is 16.5. The molecule has 0 unspecified atom stereocenters. The molecule has 9 nitrogen and oxygen atoms in total. The highest BCUT2D eigenvalue weighted by Crippen LogP contribution is 2.40. The van der Waals surface area contributed by atoms with Crippen LogP contribution in [0.5, 0.6) is 0 Å². The predicted molar refractivity (Wildman–Crippen MR) is 119 cm³/mol. The molecule has 7 rings (SSSR count). The van der Waals surface area contributed by atoms with Crippen LogP contribution in [0.15, 0.2) is 18.5 Å². The van der Waals surface area contributed by atoms with E-state index < -0.39 is 0 Å². The van der Waals surface area contributed by atoms with Crippen molar-refractivity contribution in [3.63, 3.8) is 0 Å². The zero-order chi connectivity index (χ0) is 21.0. The third-order valence-corrected chi connectivity index (χ3v) is 7.47. The van der Waals surface area contributed by atoms with Crippen LogP contribution < -0.4 is 15.5 Å². The minimum atomic E-state index is 0.274. The van der Waals surface area contributed by atoms with E-state index in [-0.39, 0.29) is 5.95 Å². The molecule has 5 fully saturated rings. The van der Waals surface area contributed by atoms with Crippen molar-refractivity contribution in [3.05, 3.63) is 18.5 Å². The van der Waals surface area contributed by atoms with Crippen LogP contribution in [0.25, 0.3) is 11.3 Å². The van der Waals surface area contributed by atoms with Gasteiger partial charge in [0.25, 0.3) is 0 Å². The molecule has 2 atom stereocenters. The molecule has 5 aliphatic rings. The Kier molecular flexibility index (Phi) is 4.50. The van der Waals surface area contributed by atoms with Crippen LogP contribution in [0, 0.1) is 5.41 Å². The Labute approximate surface area is 182 Å². The van der Waals surface area contributed by atoms with Gasteiger partial charge >= 0.3 is 0 Å². The number of piperidine rings is 2. The number of anilines is 3. The number of morpholine rings is 1. The number of ether oxygens (including phenoxy) is 1. The Morgan fingerprint density at radius 2 is 1.87 bits per heavy atom. The topological polar surface area (TPSA) is 96.5 Å². The third-order valence-electron chi connectivity index (χ3n) is 7.47. The van der Waals surface area contributed by atoms with Crippen molar-refractivity contribution in [2.45, 2.75) is 37.8 Å². The van der Waals surface area contributed by atoms with Crippen molar-refractivity contribution in [2.75, 3.05) is 61.9 Å². The number of likely N-dealkylation sites (tertiary alicyclic amines) is 1. The van der Waals surface area contributed by atoms with Gasteiger partial charge in [-0.1, -0.05) is 0 Å². The molecular formula is C22H30N8O. The van der Waals surface area contributed by atoms with Crippen LogP contribution in [-0.4, -0.2) is 83.4 Å². The molecule has 164 valence electrons. The first kappa shape index (κ1) is 19.2. The minimum absolute atomic E-state index is 0.274. The molecule has 2 aromatic heterocycles. The van der Waals surface area contributed by atoms with Crippen LogP contribution in [0.3, 0.4) is 0 Å². The molecule has 2 aromatic rings. The van der Waals surface area contributed by atoms with Gasteiger partial charge in [0.05, 0.1) is 24.4 Å². The molecule has 2 N–H and O–H groups in total. The summed E-state index contributed by atoms with van der Waals surface area (Å²) in [5, 5.41) is 0. The summed E-state index contributed by atoms with van der Waals surface area (Å²) >= 11 is 0. The number of fused-ring (bicyclic) bond motifs is 3. The SMILES string of the molecule is CN1CC2(CCN(c3nc(-c4cnc(N)nc4)cc(N4C[C@@H]5CC[C@H]4CO5)n3)CC2)C1. The highest BCUT2D eigenvalue weighted by molar-refractivity contribution is 5.64. The molecular weight excluding hydrogens is 392 g/mol. The largest absolute Gasteiger partial charge is 0.374 e. The summed E-state index contributed by atoms with van der Waals surface area (Å²) in [5.41, 5.74) is 7.92. The number of nitrogen functional groups attached to an aromatic ring is 1. The van der Waals surface area contributed by atoms with Crippen LogP contribution >= 0.6 is 0 Å². The summed E-state index contributed by atoms with van der Waals surface area (Å²) in [6.07, 6.45) is 8.50. The molecule has 0 aliphatic carbocycles. The van der Waals surface area contributed by atoms with E-state index in [1.165, 1.54) is 25.9 Å². The number of rotatable bonds is 3. The van der Waals surface area contributed by atoms with E-state index in [9.17, 15) is 0 Å². The second-order valence-corrected chi connectivity index (χ2v) is 9.74. The van der Waals surface area contributed by atoms with E-state index >= 15 is 0 Å². The summed E-state index contributed by atoms with van der Waals surface area (Å²) in [5.74, 6) is 2.07. The Bertz CT molecular complexity index is 942. The Morgan fingerprint density at radius 1 is 1.10 bits per heavy atom. The van der Waals surface area contributed by atoms with Gasteiger partial charge in [-0.25, -0.2) is 15.0 Å². The standard InChI is InChI=1S/C22H30N8O/c1-28-13-22(14-28)4-6-29(7-5-22)21-26-18(15-9-24-20(23)25-10-15)8-19(27-21)30-11-17-3-2-16(30)12-31-17/h8-10,16-17H,2-7,11-14H2,1H3,(H2,23,24,25)/t16-,17-/m0/s1. The maximum absolute atomic E-state index is 5.92. The Balaban J connectivity index is 1.32. The molecule has 1 spiro atoms. The second-order valence-electron chi connectivity index (χ2n) is 9.74. The molecule has 9 heteroatoms.